The summed E-state index contributed by atoms with van der Waals surface area (Å²) in [6.45, 7) is 1.57. The summed E-state index contributed by atoms with van der Waals surface area (Å²) >= 11 is 0. The summed E-state index contributed by atoms with van der Waals surface area (Å²) in [5.41, 5.74) is 5.76. The lowest BCUT2D eigenvalue weighted by Crippen LogP contribution is -2.19. The van der Waals surface area contributed by atoms with Gasteiger partial charge in [0.05, 0.1) is 0 Å². The molecule has 0 amide bonds. The zero-order valence-corrected chi connectivity index (χ0v) is 7.91. The molecule has 0 aromatic heterocycles. The van der Waals surface area contributed by atoms with Gasteiger partial charge in [0.1, 0.15) is 18.2 Å². The average Bonchev–Trinajstić information content (AvgIpc) is 2.15. The number of carbonyl (C=O) groups excluding carboxylic acids is 1. The fraction of sp³-hybridized carbons (Fsp3) is 0.200. The first-order valence-electron chi connectivity index (χ1n) is 4.16. The summed E-state index contributed by atoms with van der Waals surface area (Å²) in [5, 5.41) is 6.95. The summed E-state index contributed by atoms with van der Waals surface area (Å²) in [7, 11) is 0. The van der Waals surface area contributed by atoms with Crippen LogP contribution in [0.25, 0.3) is 0 Å². The van der Waals surface area contributed by atoms with Crippen molar-refractivity contribution in [2.75, 3.05) is 6.61 Å². The van der Waals surface area contributed by atoms with E-state index in [9.17, 15) is 4.79 Å². The SMILES string of the molecule is CC(=O)c1ccc(OCC(=N)N)cc1. The third-order valence-electron chi connectivity index (χ3n) is 1.66. The molecule has 0 atom stereocenters. The van der Waals surface area contributed by atoms with E-state index in [1.54, 1.807) is 24.3 Å². The molecule has 4 heteroatoms. The number of hydrogen-bond acceptors (Lipinski definition) is 3. The van der Waals surface area contributed by atoms with Gasteiger partial charge < -0.3 is 10.5 Å². The second-order valence-electron chi connectivity index (χ2n) is 2.89. The highest BCUT2D eigenvalue weighted by molar-refractivity contribution is 5.94. The van der Waals surface area contributed by atoms with Crippen molar-refractivity contribution >= 4 is 11.6 Å². The van der Waals surface area contributed by atoms with Gasteiger partial charge in [-0.25, -0.2) is 0 Å². The second kappa shape index (κ2) is 4.41. The topological polar surface area (TPSA) is 76.2 Å². The lowest BCUT2D eigenvalue weighted by molar-refractivity contribution is 0.101. The van der Waals surface area contributed by atoms with Crippen LogP contribution in [-0.2, 0) is 0 Å². The van der Waals surface area contributed by atoms with Crippen molar-refractivity contribution in [2.45, 2.75) is 6.92 Å². The number of benzene rings is 1. The van der Waals surface area contributed by atoms with E-state index in [1.165, 1.54) is 6.92 Å². The molecule has 0 unspecified atom stereocenters. The summed E-state index contributed by atoms with van der Waals surface area (Å²) in [4.78, 5) is 10.9. The van der Waals surface area contributed by atoms with Gasteiger partial charge in [0.15, 0.2) is 5.78 Å². The summed E-state index contributed by atoms with van der Waals surface area (Å²) < 4.78 is 5.14. The highest BCUT2D eigenvalue weighted by atomic mass is 16.5. The molecule has 0 fully saturated rings. The van der Waals surface area contributed by atoms with Crippen molar-refractivity contribution in [1.29, 1.82) is 5.41 Å². The van der Waals surface area contributed by atoms with Gasteiger partial charge in [0.2, 0.25) is 0 Å². The maximum atomic E-state index is 10.9. The number of ketones is 1. The van der Waals surface area contributed by atoms with E-state index < -0.39 is 0 Å². The fourth-order valence-electron chi connectivity index (χ4n) is 0.947. The van der Waals surface area contributed by atoms with E-state index in [0.29, 0.717) is 11.3 Å². The van der Waals surface area contributed by atoms with Crippen LogP contribution in [-0.4, -0.2) is 18.2 Å². The first-order valence-corrected chi connectivity index (χ1v) is 4.16. The van der Waals surface area contributed by atoms with Crippen LogP contribution in [0.1, 0.15) is 17.3 Å². The summed E-state index contributed by atoms with van der Waals surface area (Å²) in [5.74, 6) is 0.592. The monoisotopic (exact) mass is 192 g/mol. The third-order valence-corrected chi connectivity index (χ3v) is 1.66. The van der Waals surface area contributed by atoms with Crippen LogP contribution in [0.2, 0.25) is 0 Å². The Bertz CT molecular complexity index is 344. The van der Waals surface area contributed by atoms with Crippen molar-refractivity contribution in [3.8, 4) is 5.75 Å². The summed E-state index contributed by atoms with van der Waals surface area (Å²) in [6, 6.07) is 6.72. The minimum atomic E-state index is -0.0272. The molecule has 74 valence electrons. The smallest absolute Gasteiger partial charge is 0.159 e. The van der Waals surface area contributed by atoms with Gasteiger partial charge in [-0.15, -0.1) is 0 Å². The van der Waals surface area contributed by atoms with E-state index >= 15 is 0 Å². The van der Waals surface area contributed by atoms with Crippen LogP contribution in [0.5, 0.6) is 5.75 Å². The van der Waals surface area contributed by atoms with Crippen LogP contribution in [0.4, 0.5) is 0 Å². The van der Waals surface area contributed by atoms with E-state index in [2.05, 4.69) is 0 Å². The Kier molecular flexibility index (Phi) is 3.23. The molecule has 0 aliphatic heterocycles. The number of rotatable bonds is 4. The molecule has 0 saturated carbocycles. The number of nitrogens with two attached hydrogens (primary N) is 1. The molecule has 0 radical (unpaired) electrons. The number of ether oxygens (including phenoxy) is 1. The first kappa shape index (κ1) is 10.2. The minimum absolute atomic E-state index is 0.0168. The highest BCUT2D eigenvalue weighted by Gasteiger charge is 1.99. The fourth-order valence-corrected chi connectivity index (χ4v) is 0.947. The van der Waals surface area contributed by atoms with Gasteiger partial charge in [-0.3, -0.25) is 10.2 Å². The van der Waals surface area contributed by atoms with Crippen molar-refractivity contribution in [3.05, 3.63) is 29.8 Å². The molecule has 0 saturated heterocycles. The molecule has 1 aromatic rings. The standard InChI is InChI=1S/C10H12N2O2/c1-7(13)8-2-4-9(5-3-8)14-6-10(11)12/h2-5H,6H2,1H3,(H3,11,12). The van der Waals surface area contributed by atoms with Gasteiger partial charge in [-0.1, -0.05) is 0 Å². The van der Waals surface area contributed by atoms with E-state index in [1.807, 2.05) is 0 Å². The molecule has 14 heavy (non-hydrogen) atoms. The molecule has 0 bridgehead atoms. The lowest BCUT2D eigenvalue weighted by atomic mass is 10.1. The number of carbonyl (C=O) groups is 1. The molecule has 0 spiro atoms. The third kappa shape index (κ3) is 2.90. The Morgan fingerprint density at radius 3 is 2.43 bits per heavy atom. The van der Waals surface area contributed by atoms with Crippen LogP contribution >= 0.6 is 0 Å². The Labute approximate surface area is 82.2 Å². The number of nitrogens with one attached hydrogen (secondary N) is 1. The Balaban J connectivity index is 2.64. The Morgan fingerprint density at radius 2 is 2.00 bits per heavy atom. The van der Waals surface area contributed by atoms with Crippen LogP contribution in [0, 0.1) is 5.41 Å². The molecule has 0 heterocycles. The average molecular weight is 192 g/mol. The number of hydrogen-bond donors (Lipinski definition) is 2. The lowest BCUT2D eigenvalue weighted by Gasteiger charge is -2.04. The van der Waals surface area contributed by atoms with Crippen molar-refractivity contribution < 1.29 is 9.53 Å². The predicted molar refractivity (Wildman–Crippen MR) is 53.9 cm³/mol. The quantitative estimate of drug-likeness (QED) is 0.427. The predicted octanol–water partition coefficient (Wildman–Crippen LogP) is 1.20. The molecule has 0 aliphatic rings. The Hall–Kier alpha value is -1.84. The molecule has 4 nitrogen and oxygen atoms in total. The van der Waals surface area contributed by atoms with Crippen LogP contribution < -0.4 is 10.5 Å². The van der Waals surface area contributed by atoms with Crippen molar-refractivity contribution in [3.63, 3.8) is 0 Å². The van der Waals surface area contributed by atoms with Crippen molar-refractivity contribution in [1.82, 2.24) is 0 Å². The molecule has 3 N–H and O–H groups in total. The van der Waals surface area contributed by atoms with E-state index in [0.717, 1.165) is 0 Å². The van der Waals surface area contributed by atoms with Crippen LogP contribution in [0.3, 0.4) is 0 Å². The molecule has 1 rings (SSSR count). The van der Waals surface area contributed by atoms with Gasteiger partial charge in [0, 0.05) is 5.56 Å². The van der Waals surface area contributed by atoms with Crippen molar-refractivity contribution in [2.24, 2.45) is 5.73 Å². The largest absolute Gasteiger partial charge is 0.486 e. The number of Topliss-reactive ketones (excluding diaryl/α,β-unsaturated/α-hetero) is 1. The Morgan fingerprint density at radius 1 is 1.43 bits per heavy atom. The molecular formula is C10H12N2O2. The highest BCUT2D eigenvalue weighted by Crippen LogP contribution is 2.12. The molecule has 0 aliphatic carbocycles. The number of amidine groups is 1. The van der Waals surface area contributed by atoms with Gasteiger partial charge in [0.25, 0.3) is 0 Å². The maximum Gasteiger partial charge on any atom is 0.159 e. The van der Waals surface area contributed by atoms with Gasteiger partial charge in [-0.2, -0.15) is 0 Å². The summed E-state index contributed by atoms with van der Waals surface area (Å²) in [6.07, 6.45) is 0. The minimum Gasteiger partial charge on any atom is -0.486 e. The molecule has 1 aromatic carbocycles. The second-order valence-corrected chi connectivity index (χ2v) is 2.89. The van der Waals surface area contributed by atoms with E-state index in [4.69, 9.17) is 15.9 Å². The molecular weight excluding hydrogens is 180 g/mol. The van der Waals surface area contributed by atoms with Crippen LogP contribution in [0.15, 0.2) is 24.3 Å². The zero-order chi connectivity index (χ0) is 10.6. The van der Waals surface area contributed by atoms with Gasteiger partial charge in [-0.05, 0) is 31.2 Å². The normalized spacial score (nSPS) is 9.50. The zero-order valence-electron chi connectivity index (χ0n) is 7.91. The van der Waals surface area contributed by atoms with E-state index in [-0.39, 0.29) is 18.2 Å². The first-order chi connectivity index (χ1) is 6.59. The maximum absolute atomic E-state index is 10.9. The van der Waals surface area contributed by atoms with Gasteiger partial charge >= 0.3 is 0 Å².